The van der Waals surface area contributed by atoms with Crippen molar-refractivity contribution in [3.8, 4) is 17.2 Å². The fourth-order valence-corrected chi connectivity index (χ4v) is 9.03. The molecule has 580 valence electrons. The number of para-hydroxylation sites is 1. The monoisotopic (exact) mass is 1630 g/mol. The predicted molar refractivity (Wildman–Crippen MR) is 382 cm³/mol. The molecule has 0 bridgehead atoms. The van der Waals surface area contributed by atoms with Crippen molar-refractivity contribution < 1.29 is 177 Å². The smallest absolute Gasteiger partial charge is 0.339 e. The van der Waals surface area contributed by atoms with Gasteiger partial charge in [0.15, 0.2) is 0 Å². The Morgan fingerprint density at radius 3 is 0.937 bits per heavy atom. The first-order valence-corrected chi connectivity index (χ1v) is 30.9. The second kappa shape index (κ2) is 43.3. The van der Waals surface area contributed by atoms with E-state index in [-0.39, 0.29) is 117 Å². The molecule has 0 amide bonds. The van der Waals surface area contributed by atoms with Crippen molar-refractivity contribution >= 4 is 134 Å². The van der Waals surface area contributed by atoms with E-state index in [0.717, 1.165) is 29.7 Å². The minimum absolute atomic E-state index is 0.00319. The van der Waals surface area contributed by atoms with Crippen molar-refractivity contribution in [3.05, 3.63) is 274 Å². The second-order valence-electron chi connectivity index (χ2n) is 20.7. The number of carboxylic acid groups (broad SMARTS) is 16. The van der Waals surface area contributed by atoms with Gasteiger partial charge in [0, 0.05) is 4.47 Å². The van der Waals surface area contributed by atoms with Gasteiger partial charge in [0.2, 0.25) is 0 Å². The highest BCUT2D eigenvalue weighted by molar-refractivity contribution is 9.10. The molecule has 0 aliphatic carbocycles. The van der Waals surface area contributed by atoms with Gasteiger partial charge in [0.25, 0.3) is 0 Å². The molecule has 16 N–H and O–H groups in total. The molecule has 9 aromatic carbocycles. The predicted octanol–water partition coefficient (Wildman–Crippen LogP) is 12.1. The van der Waals surface area contributed by atoms with Crippen molar-refractivity contribution in [1.82, 2.24) is 0 Å². The summed E-state index contributed by atoms with van der Waals surface area (Å²) in [5, 5.41) is 140. The van der Waals surface area contributed by atoms with Crippen LogP contribution in [0.1, 0.15) is 178 Å². The summed E-state index contributed by atoms with van der Waals surface area (Å²) in [6.07, 6.45) is 0. The first kappa shape index (κ1) is 91.9. The second-order valence-corrected chi connectivity index (χ2v) is 22.0. The lowest BCUT2D eigenvalue weighted by Crippen LogP contribution is -2.06. The Morgan fingerprint density at radius 1 is 0.315 bits per heavy atom. The summed E-state index contributed by atoms with van der Waals surface area (Å²) in [5.41, 5.74) is -0.296. The summed E-state index contributed by atoms with van der Waals surface area (Å²) in [6.45, 7) is 3.54. The SMILES string of the molecule is CCOc1cc(C(=O)O)ccc1C(=O)O.COc1c(C(=O)O)cccc1C(=O)O.COc1cc(C(=O)O)ccc1C(=O)O.Cc1cc(C(=O)O)ccc1C(=O)O.O=C(O)c1ccc(C(=O)O)c(Br)c1.O=C(O)c1ccc(C(=O)O)c(Cl)c1.O=C(O)c1ccc(C(=O)O)c(F)c1.O=C(O)c1ccc2ccc(C(=O)O)cc2c1. The van der Waals surface area contributed by atoms with Gasteiger partial charge in [-0.05, 0) is 192 Å². The Hall–Kier alpha value is -15.1. The van der Waals surface area contributed by atoms with Gasteiger partial charge in [0.1, 0.15) is 45.3 Å². The van der Waals surface area contributed by atoms with Crippen LogP contribution in [0.5, 0.6) is 17.2 Å². The van der Waals surface area contributed by atoms with Gasteiger partial charge in [-0.1, -0.05) is 29.8 Å². The normalized spacial score (nSPS) is 9.68. The van der Waals surface area contributed by atoms with E-state index in [0.29, 0.717) is 17.0 Å². The zero-order valence-electron chi connectivity index (χ0n) is 56.8. The third kappa shape index (κ3) is 28.4. The van der Waals surface area contributed by atoms with E-state index in [4.69, 9.17) is 108 Å². The number of fused-ring (bicyclic) bond motifs is 1. The van der Waals surface area contributed by atoms with E-state index in [2.05, 4.69) is 15.9 Å². The Morgan fingerprint density at radius 2 is 0.613 bits per heavy atom. The van der Waals surface area contributed by atoms with Crippen LogP contribution in [0.3, 0.4) is 0 Å². The molecule has 9 aromatic rings. The average molecular weight is 1630 g/mol. The lowest BCUT2D eigenvalue weighted by molar-refractivity contribution is 0.0671. The van der Waals surface area contributed by atoms with Crippen molar-refractivity contribution in [2.75, 3.05) is 20.8 Å². The van der Waals surface area contributed by atoms with Crippen LogP contribution >= 0.6 is 27.5 Å². The minimum atomic E-state index is -1.42. The standard InChI is InChI=1S/C12H8O4.C10H10O5.2C9H8O5.C9H8O4.C8H5BrO4.C8H5ClO4.C8H5FO4/c13-11(14)8-3-1-7-2-4-9(12(15)16)6-10(7)5-8;1-2-15-8-5-6(9(11)12)3-4-7(8)10(13)14;1-14-7-4-5(8(10)11)2-3-6(7)9(12)13;1-14-7-5(8(10)11)3-2-4-6(7)9(12)13;1-5-4-6(8(10)11)2-3-7(5)9(12)13;3*9-6-3-4(7(10)11)1-2-5(6)8(12)13/h1-6H,(H,13,14)(H,15,16);3-5H,2H2,1H3,(H,11,12)(H,13,14);2*2-4H,1H3,(H,10,11)(H,12,13);2-4H,1H3,(H,10,11)(H,12,13);3*1-3H,(H,10,11)(H,12,13). The summed E-state index contributed by atoms with van der Waals surface area (Å²) >= 11 is 8.50. The number of hydrogen-bond donors (Lipinski definition) is 16. The number of benzene rings is 9. The molecule has 0 aliphatic rings. The van der Waals surface area contributed by atoms with Gasteiger partial charge in [-0.15, -0.1) is 0 Å². The van der Waals surface area contributed by atoms with Crippen LogP contribution in [0.25, 0.3) is 10.8 Å². The topological polar surface area (TPSA) is 624 Å². The lowest BCUT2D eigenvalue weighted by atomic mass is 10.0. The molecule has 0 aliphatic heterocycles. The lowest BCUT2D eigenvalue weighted by Gasteiger charge is -2.07. The fraction of sp³-hybridized carbons (Fsp3) is 0.0685. The number of carbonyl (C=O) groups is 16. The zero-order valence-corrected chi connectivity index (χ0v) is 59.2. The number of aromatic carboxylic acids is 16. The first-order chi connectivity index (χ1) is 51.8. The van der Waals surface area contributed by atoms with Crippen molar-refractivity contribution in [1.29, 1.82) is 0 Å². The summed E-state index contributed by atoms with van der Waals surface area (Å²) < 4.78 is 27.6. The Labute approximate surface area is 633 Å². The van der Waals surface area contributed by atoms with Crippen molar-refractivity contribution in [2.24, 2.45) is 0 Å². The maximum Gasteiger partial charge on any atom is 0.339 e. The van der Waals surface area contributed by atoms with E-state index in [1.807, 2.05) is 0 Å². The van der Waals surface area contributed by atoms with Crippen LogP contribution in [0.15, 0.2) is 168 Å². The summed E-state index contributed by atoms with van der Waals surface area (Å²) in [6, 6.07) is 34.1. The minimum Gasteiger partial charge on any atom is -0.496 e. The van der Waals surface area contributed by atoms with Crippen molar-refractivity contribution in [3.63, 3.8) is 0 Å². The van der Waals surface area contributed by atoms with E-state index in [9.17, 15) is 81.1 Å². The maximum absolute atomic E-state index is 12.8. The molecule has 9 rings (SSSR count). The quantitative estimate of drug-likeness (QED) is 0.0337. The highest BCUT2D eigenvalue weighted by Crippen LogP contribution is 2.26. The van der Waals surface area contributed by atoms with Gasteiger partial charge >= 0.3 is 95.5 Å². The Balaban J connectivity index is 0.000000431. The van der Waals surface area contributed by atoms with Crippen LogP contribution in [0.4, 0.5) is 4.39 Å². The first-order valence-electron chi connectivity index (χ1n) is 29.7. The molecule has 0 unspecified atom stereocenters. The summed E-state index contributed by atoms with van der Waals surface area (Å²) in [4.78, 5) is 169. The number of hydrogen-bond acceptors (Lipinski definition) is 19. The molecule has 35 nitrogen and oxygen atoms in total. The van der Waals surface area contributed by atoms with Crippen LogP contribution < -0.4 is 14.2 Å². The van der Waals surface area contributed by atoms with Crippen LogP contribution in [0, 0.1) is 12.7 Å². The molecular weight excluding hydrogens is 1570 g/mol. The molecule has 0 heterocycles. The molecule has 0 spiro atoms. The third-order valence-electron chi connectivity index (χ3n) is 13.5. The highest BCUT2D eigenvalue weighted by Gasteiger charge is 2.21. The Kier molecular flexibility index (Phi) is 35.9. The third-order valence-corrected chi connectivity index (χ3v) is 14.5. The number of rotatable bonds is 20. The molecule has 0 aromatic heterocycles. The van der Waals surface area contributed by atoms with Crippen LogP contribution in [0.2, 0.25) is 5.02 Å². The van der Waals surface area contributed by atoms with Gasteiger partial charge in [0.05, 0.1) is 92.6 Å². The number of carboxylic acids is 16. The maximum atomic E-state index is 12.8. The van der Waals surface area contributed by atoms with E-state index in [1.165, 1.54) is 136 Å². The fourth-order valence-electron chi connectivity index (χ4n) is 8.22. The number of aryl methyl sites for hydroxylation is 1. The number of methoxy groups -OCH3 is 2. The van der Waals surface area contributed by atoms with E-state index < -0.39 is 107 Å². The molecule has 111 heavy (non-hydrogen) atoms. The van der Waals surface area contributed by atoms with Gasteiger partial charge < -0.3 is 95.9 Å². The summed E-state index contributed by atoms with van der Waals surface area (Å²) in [7, 11) is 2.52. The van der Waals surface area contributed by atoms with Crippen molar-refractivity contribution in [2.45, 2.75) is 13.8 Å². The average Bonchev–Trinajstić information content (AvgIpc) is 0.798. The van der Waals surface area contributed by atoms with Gasteiger partial charge in [-0.2, -0.15) is 0 Å². The van der Waals surface area contributed by atoms with E-state index in [1.54, 1.807) is 26.0 Å². The Bertz CT molecular complexity index is 4750. The molecule has 0 fully saturated rings. The number of halogens is 3. The van der Waals surface area contributed by atoms with E-state index >= 15 is 0 Å². The number of ether oxygens (including phenoxy) is 3. The van der Waals surface area contributed by atoms with Gasteiger partial charge in [-0.25, -0.2) is 81.1 Å². The zero-order chi connectivity index (χ0) is 84.6. The molecule has 38 heteroatoms. The molecular formula is C73H57BrClFO35. The van der Waals surface area contributed by atoms with Crippen LogP contribution in [-0.4, -0.2) is 198 Å². The molecule has 0 saturated heterocycles. The largest absolute Gasteiger partial charge is 0.496 e. The highest BCUT2D eigenvalue weighted by atomic mass is 79.9. The summed E-state index contributed by atoms with van der Waals surface area (Å²) in [5.74, 6) is -19.4. The molecule has 0 saturated carbocycles. The van der Waals surface area contributed by atoms with Crippen LogP contribution in [-0.2, 0) is 0 Å². The molecule has 0 radical (unpaired) electrons. The van der Waals surface area contributed by atoms with Gasteiger partial charge in [-0.3, -0.25) is 0 Å². The molecule has 0 atom stereocenters.